The van der Waals surface area contributed by atoms with Crippen LogP contribution in [0.2, 0.25) is 0 Å². The van der Waals surface area contributed by atoms with Crippen LogP contribution in [0, 0.1) is 0 Å². The number of ether oxygens (including phenoxy) is 1. The zero-order valence-corrected chi connectivity index (χ0v) is 13.6. The van der Waals surface area contributed by atoms with E-state index in [1.807, 2.05) is 0 Å². The van der Waals surface area contributed by atoms with E-state index in [4.69, 9.17) is 5.11 Å². The second-order valence-corrected chi connectivity index (χ2v) is 6.04. The van der Waals surface area contributed by atoms with Gasteiger partial charge >= 0.3 is 12.3 Å². The molecule has 1 aliphatic rings. The molecule has 1 atom stereocenters. The lowest BCUT2D eigenvalue weighted by atomic mass is 9.97. The number of benzene rings is 1. The number of rotatable bonds is 6. The van der Waals surface area contributed by atoms with Crippen molar-refractivity contribution in [1.29, 1.82) is 0 Å². The van der Waals surface area contributed by atoms with Gasteiger partial charge in [0.15, 0.2) is 0 Å². The highest BCUT2D eigenvalue weighted by Gasteiger charge is 2.31. The van der Waals surface area contributed by atoms with Gasteiger partial charge < -0.3 is 14.7 Å². The Morgan fingerprint density at radius 1 is 1.28 bits per heavy atom. The number of hydrogen-bond donors (Lipinski definition) is 1. The molecule has 0 spiro atoms. The SMILES string of the molecule is O=C(O)CCC1CCCCN1C(=O)Cc1cccc(OC(F)(F)F)c1. The van der Waals surface area contributed by atoms with E-state index in [1.54, 1.807) is 11.0 Å². The van der Waals surface area contributed by atoms with Crippen LogP contribution in [0.4, 0.5) is 13.2 Å². The van der Waals surface area contributed by atoms with E-state index in [2.05, 4.69) is 4.74 Å². The predicted molar refractivity (Wildman–Crippen MR) is 83.1 cm³/mol. The standard InChI is InChI=1S/C17H20F3NO4/c18-17(19,20)25-14-6-3-4-12(10-14)11-15(22)21-9-2-1-5-13(21)7-8-16(23)24/h3-4,6,10,13H,1-2,5,7-9,11H2,(H,23,24). The quantitative estimate of drug-likeness (QED) is 0.846. The minimum Gasteiger partial charge on any atom is -0.481 e. The van der Waals surface area contributed by atoms with Crippen molar-refractivity contribution in [2.75, 3.05) is 6.54 Å². The van der Waals surface area contributed by atoms with Crippen molar-refractivity contribution in [3.63, 3.8) is 0 Å². The lowest BCUT2D eigenvalue weighted by Crippen LogP contribution is -2.44. The molecule has 1 unspecified atom stereocenters. The zero-order chi connectivity index (χ0) is 18.4. The van der Waals surface area contributed by atoms with Crippen molar-refractivity contribution in [2.45, 2.75) is 50.9 Å². The number of carboxylic acids is 1. The highest BCUT2D eigenvalue weighted by molar-refractivity contribution is 5.79. The molecule has 1 amide bonds. The molecule has 1 aromatic carbocycles. The number of piperidine rings is 1. The number of likely N-dealkylation sites (tertiary alicyclic amines) is 1. The summed E-state index contributed by atoms with van der Waals surface area (Å²) in [5.74, 6) is -1.48. The Morgan fingerprint density at radius 3 is 2.72 bits per heavy atom. The van der Waals surface area contributed by atoms with Crippen molar-refractivity contribution in [3.05, 3.63) is 29.8 Å². The number of carboxylic acid groups (broad SMARTS) is 1. The monoisotopic (exact) mass is 359 g/mol. The van der Waals surface area contributed by atoms with Crippen LogP contribution >= 0.6 is 0 Å². The Hall–Kier alpha value is -2.25. The van der Waals surface area contributed by atoms with E-state index in [0.717, 1.165) is 19.3 Å². The van der Waals surface area contributed by atoms with Gasteiger partial charge in [0, 0.05) is 19.0 Å². The van der Waals surface area contributed by atoms with Gasteiger partial charge in [0.05, 0.1) is 6.42 Å². The summed E-state index contributed by atoms with van der Waals surface area (Å²) in [4.78, 5) is 24.9. The van der Waals surface area contributed by atoms with E-state index in [1.165, 1.54) is 18.2 Å². The average molecular weight is 359 g/mol. The maximum atomic E-state index is 12.5. The Bertz CT molecular complexity index is 618. The van der Waals surface area contributed by atoms with Gasteiger partial charge in [-0.05, 0) is 43.4 Å². The molecule has 1 aromatic rings. The summed E-state index contributed by atoms with van der Waals surface area (Å²) in [5, 5.41) is 8.82. The average Bonchev–Trinajstić information content (AvgIpc) is 2.51. The third-order valence-corrected chi connectivity index (χ3v) is 4.13. The third-order valence-electron chi connectivity index (χ3n) is 4.13. The van der Waals surface area contributed by atoms with Gasteiger partial charge in [-0.3, -0.25) is 9.59 Å². The predicted octanol–water partition coefficient (Wildman–Crippen LogP) is 3.37. The molecule has 0 saturated carbocycles. The zero-order valence-electron chi connectivity index (χ0n) is 13.6. The molecule has 1 saturated heterocycles. The van der Waals surface area contributed by atoms with Crippen LogP contribution in [0.25, 0.3) is 0 Å². The van der Waals surface area contributed by atoms with E-state index in [-0.39, 0.29) is 30.5 Å². The highest BCUT2D eigenvalue weighted by atomic mass is 19.4. The fraction of sp³-hybridized carbons (Fsp3) is 0.529. The maximum Gasteiger partial charge on any atom is 0.573 e. The summed E-state index contributed by atoms with van der Waals surface area (Å²) in [5.41, 5.74) is 0.425. The van der Waals surface area contributed by atoms with Crippen LogP contribution in [-0.2, 0) is 16.0 Å². The molecule has 0 radical (unpaired) electrons. The first-order valence-electron chi connectivity index (χ1n) is 8.10. The molecule has 1 heterocycles. The molecule has 5 nitrogen and oxygen atoms in total. The second kappa shape index (κ2) is 8.22. The lowest BCUT2D eigenvalue weighted by Gasteiger charge is -2.35. The minimum atomic E-state index is -4.78. The fourth-order valence-corrected chi connectivity index (χ4v) is 3.05. The fourth-order valence-electron chi connectivity index (χ4n) is 3.05. The third kappa shape index (κ3) is 6.28. The Kier molecular flexibility index (Phi) is 6.27. The molecule has 25 heavy (non-hydrogen) atoms. The van der Waals surface area contributed by atoms with Crippen LogP contribution in [0.3, 0.4) is 0 Å². The number of halogens is 3. The Balaban J connectivity index is 2.02. The number of carbonyl (C=O) groups excluding carboxylic acids is 1. The molecule has 8 heteroatoms. The molecule has 1 aliphatic heterocycles. The second-order valence-electron chi connectivity index (χ2n) is 6.04. The van der Waals surface area contributed by atoms with Crippen molar-refractivity contribution in [1.82, 2.24) is 4.90 Å². The van der Waals surface area contributed by atoms with Crippen LogP contribution in [-0.4, -0.2) is 40.8 Å². The van der Waals surface area contributed by atoms with Gasteiger partial charge in [-0.15, -0.1) is 13.2 Å². The number of amides is 1. The topological polar surface area (TPSA) is 66.8 Å². The first-order valence-corrected chi connectivity index (χ1v) is 8.10. The van der Waals surface area contributed by atoms with E-state index in [9.17, 15) is 22.8 Å². The van der Waals surface area contributed by atoms with E-state index in [0.29, 0.717) is 18.5 Å². The Morgan fingerprint density at radius 2 is 2.04 bits per heavy atom. The number of alkyl halides is 3. The normalized spacial score (nSPS) is 18.0. The van der Waals surface area contributed by atoms with Crippen molar-refractivity contribution in [2.24, 2.45) is 0 Å². The van der Waals surface area contributed by atoms with Crippen LogP contribution in [0.1, 0.15) is 37.7 Å². The minimum absolute atomic E-state index is 0.0106. The Labute approximate surface area is 143 Å². The van der Waals surface area contributed by atoms with Gasteiger partial charge in [-0.25, -0.2) is 0 Å². The van der Waals surface area contributed by atoms with Gasteiger partial charge in [-0.1, -0.05) is 12.1 Å². The molecule has 0 aliphatic carbocycles. The molecular formula is C17H20F3NO4. The summed E-state index contributed by atoms with van der Waals surface area (Å²) in [7, 11) is 0. The van der Waals surface area contributed by atoms with Gasteiger partial charge in [-0.2, -0.15) is 0 Å². The molecule has 0 bridgehead atoms. The van der Waals surface area contributed by atoms with Crippen LogP contribution < -0.4 is 4.74 Å². The molecule has 0 aromatic heterocycles. The van der Waals surface area contributed by atoms with Gasteiger partial charge in [0.1, 0.15) is 5.75 Å². The number of nitrogens with zero attached hydrogens (tertiary/aromatic N) is 1. The van der Waals surface area contributed by atoms with Gasteiger partial charge in [0.25, 0.3) is 0 Å². The number of carbonyl (C=O) groups is 2. The summed E-state index contributed by atoms with van der Waals surface area (Å²) in [6.45, 7) is 0.544. The van der Waals surface area contributed by atoms with Crippen molar-refractivity contribution >= 4 is 11.9 Å². The summed E-state index contributed by atoms with van der Waals surface area (Å²) < 4.78 is 40.7. The van der Waals surface area contributed by atoms with Crippen molar-refractivity contribution in [3.8, 4) is 5.75 Å². The van der Waals surface area contributed by atoms with Crippen LogP contribution in [0.15, 0.2) is 24.3 Å². The molecular weight excluding hydrogens is 339 g/mol. The highest BCUT2D eigenvalue weighted by Crippen LogP contribution is 2.25. The molecule has 2 rings (SSSR count). The summed E-state index contributed by atoms with van der Waals surface area (Å²) >= 11 is 0. The van der Waals surface area contributed by atoms with Crippen LogP contribution in [0.5, 0.6) is 5.75 Å². The maximum absolute atomic E-state index is 12.5. The number of hydrogen-bond acceptors (Lipinski definition) is 3. The van der Waals surface area contributed by atoms with E-state index < -0.39 is 12.3 Å². The van der Waals surface area contributed by atoms with Gasteiger partial charge in [0.2, 0.25) is 5.91 Å². The first-order chi connectivity index (χ1) is 11.7. The first kappa shape index (κ1) is 19.1. The number of aliphatic carboxylic acids is 1. The molecule has 1 N–H and O–H groups in total. The lowest BCUT2D eigenvalue weighted by molar-refractivity contribution is -0.274. The summed E-state index contributed by atoms with van der Waals surface area (Å²) in [6.07, 6.45) is -1.93. The summed E-state index contributed by atoms with van der Waals surface area (Å²) in [6, 6.07) is 5.21. The molecule has 138 valence electrons. The van der Waals surface area contributed by atoms with E-state index >= 15 is 0 Å². The van der Waals surface area contributed by atoms with Crippen molar-refractivity contribution < 1.29 is 32.6 Å². The smallest absolute Gasteiger partial charge is 0.481 e. The molecule has 1 fully saturated rings. The largest absolute Gasteiger partial charge is 0.573 e.